The summed E-state index contributed by atoms with van der Waals surface area (Å²) < 4.78 is 24.8. The zero-order valence-electron chi connectivity index (χ0n) is 17.7. The zero-order valence-corrected chi connectivity index (χ0v) is 20.0. The van der Waals surface area contributed by atoms with E-state index in [0.29, 0.717) is 18.0 Å². The third-order valence-corrected chi connectivity index (χ3v) is 4.92. The van der Waals surface area contributed by atoms with Crippen molar-refractivity contribution in [2.24, 2.45) is 16.3 Å². The first-order valence-electron chi connectivity index (χ1n) is 9.67. The molecule has 28 heavy (non-hydrogen) atoms. The Morgan fingerprint density at radius 2 is 2.07 bits per heavy atom. The molecule has 160 valence electrons. The largest absolute Gasteiger partial charge is 0.380 e. The van der Waals surface area contributed by atoms with Crippen LogP contribution in [0.15, 0.2) is 23.2 Å². The molecule has 2 atom stereocenters. The number of aliphatic imine (C=N–C) groups is 1. The molecular formula is C21H35FIN3O2. The molecule has 1 heterocycles. The van der Waals surface area contributed by atoms with Gasteiger partial charge in [-0.2, -0.15) is 0 Å². The average Bonchev–Trinajstić information content (AvgIpc) is 2.64. The van der Waals surface area contributed by atoms with Gasteiger partial charge in [-0.3, -0.25) is 4.99 Å². The van der Waals surface area contributed by atoms with Crippen LogP contribution in [0.3, 0.4) is 0 Å². The minimum atomic E-state index is -0.242. The highest BCUT2D eigenvalue weighted by Crippen LogP contribution is 2.33. The number of benzene rings is 1. The highest BCUT2D eigenvalue weighted by Gasteiger charge is 2.35. The van der Waals surface area contributed by atoms with Crippen LogP contribution in [0.25, 0.3) is 0 Å². The fraction of sp³-hybridized carbons (Fsp3) is 0.667. The van der Waals surface area contributed by atoms with Gasteiger partial charge in [0, 0.05) is 45.3 Å². The molecule has 5 nitrogen and oxygen atoms in total. The molecule has 1 fully saturated rings. The third kappa shape index (κ3) is 7.48. The average molecular weight is 507 g/mol. The molecule has 0 amide bonds. The van der Waals surface area contributed by atoms with E-state index in [-0.39, 0.29) is 47.9 Å². The summed E-state index contributed by atoms with van der Waals surface area (Å²) in [5, 5.41) is 6.73. The Balaban J connectivity index is 0.00000392. The molecule has 1 saturated heterocycles. The number of guanidine groups is 1. The molecule has 2 rings (SSSR count). The molecule has 0 radical (unpaired) electrons. The minimum absolute atomic E-state index is 0. The third-order valence-electron chi connectivity index (χ3n) is 4.92. The van der Waals surface area contributed by atoms with E-state index >= 15 is 0 Å². The van der Waals surface area contributed by atoms with Gasteiger partial charge in [-0.25, -0.2) is 4.39 Å². The van der Waals surface area contributed by atoms with Gasteiger partial charge >= 0.3 is 0 Å². The molecule has 0 bridgehead atoms. The van der Waals surface area contributed by atoms with Crippen LogP contribution in [0.5, 0.6) is 0 Å². The number of nitrogens with zero attached hydrogens (tertiary/aromatic N) is 1. The van der Waals surface area contributed by atoms with Gasteiger partial charge in [-0.1, -0.05) is 26.8 Å². The SMILES string of the molecule is CN=C(NCc1ccc(F)c(COC)c1)NCC1CCCOC1C(C)(C)C.I. The van der Waals surface area contributed by atoms with Crippen molar-refractivity contribution >= 4 is 29.9 Å². The Hall–Kier alpha value is -0.930. The summed E-state index contributed by atoms with van der Waals surface area (Å²) in [5.41, 5.74) is 1.67. The molecule has 2 N–H and O–H groups in total. The fourth-order valence-corrected chi connectivity index (χ4v) is 3.65. The van der Waals surface area contributed by atoms with E-state index in [2.05, 4.69) is 36.4 Å². The summed E-state index contributed by atoms with van der Waals surface area (Å²) in [7, 11) is 3.32. The van der Waals surface area contributed by atoms with Gasteiger partial charge in [0.1, 0.15) is 5.82 Å². The van der Waals surface area contributed by atoms with Gasteiger partial charge in [0.2, 0.25) is 0 Å². The summed E-state index contributed by atoms with van der Waals surface area (Å²) in [6, 6.07) is 5.08. The number of methoxy groups -OCH3 is 1. The Bertz CT molecular complexity index is 635. The van der Waals surface area contributed by atoms with Gasteiger partial charge in [-0.15, -0.1) is 24.0 Å². The van der Waals surface area contributed by atoms with Crippen LogP contribution in [0.2, 0.25) is 0 Å². The number of nitrogens with one attached hydrogen (secondary N) is 2. The van der Waals surface area contributed by atoms with E-state index < -0.39 is 0 Å². The zero-order chi connectivity index (χ0) is 19.9. The lowest BCUT2D eigenvalue weighted by atomic mass is 9.78. The van der Waals surface area contributed by atoms with Crippen LogP contribution >= 0.6 is 24.0 Å². The number of halogens is 2. The molecule has 1 aliphatic heterocycles. The first-order valence-corrected chi connectivity index (χ1v) is 9.67. The Kier molecular flexibility index (Phi) is 10.7. The predicted octanol–water partition coefficient (Wildman–Crippen LogP) is 4.10. The summed E-state index contributed by atoms with van der Waals surface area (Å²) in [6.45, 7) is 9.20. The van der Waals surface area contributed by atoms with Crippen LogP contribution in [0.4, 0.5) is 4.39 Å². The summed E-state index contributed by atoms with van der Waals surface area (Å²) >= 11 is 0. The second-order valence-corrected chi connectivity index (χ2v) is 8.23. The quantitative estimate of drug-likeness (QED) is 0.346. The molecule has 7 heteroatoms. The Morgan fingerprint density at radius 1 is 1.32 bits per heavy atom. The van der Waals surface area contributed by atoms with E-state index in [0.717, 1.165) is 37.5 Å². The van der Waals surface area contributed by atoms with E-state index in [1.54, 1.807) is 20.2 Å². The molecule has 0 saturated carbocycles. The number of ether oxygens (including phenoxy) is 2. The number of rotatable bonds is 6. The van der Waals surface area contributed by atoms with Crippen LogP contribution in [-0.2, 0) is 22.6 Å². The van der Waals surface area contributed by atoms with Gasteiger partial charge in [0.25, 0.3) is 0 Å². The lowest BCUT2D eigenvalue weighted by Crippen LogP contribution is -2.47. The van der Waals surface area contributed by atoms with Gasteiger partial charge in [0.15, 0.2) is 5.96 Å². The number of hydrogen-bond acceptors (Lipinski definition) is 3. The first-order chi connectivity index (χ1) is 12.8. The van der Waals surface area contributed by atoms with Gasteiger partial charge in [-0.05, 0) is 36.0 Å². The van der Waals surface area contributed by atoms with Crippen molar-refractivity contribution in [3.8, 4) is 0 Å². The molecule has 2 unspecified atom stereocenters. The smallest absolute Gasteiger partial charge is 0.191 e. The highest BCUT2D eigenvalue weighted by atomic mass is 127. The van der Waals surface area contributed by atoms with Crippen LogP contribution in [0.1, 0.15) is 44.7 Å². The van der Waals surface area contributed by atoms with E-state index in [1.165, 1.54) is 6.07 Å². The fourth-order valence-electron chi connectivity index (χ4n) is 3.65. The maximum absolute atomic E-state index is 13.7. The lowest BCUT2D eigenvalue weighted by molar-refractivity contribution is -0.0835. The molecule has 0 aromatic heterocycles. The molecular weight excluding hydrogens is 472 g/mol. The summed E-state index contributed by atoms with van der Waals surface area (Å²) in [6.07, 6.45) is 2.50. The Labute approximate surface area is 185 Å². The second kappa shape index (κ2) is 11.9. The second-order valence-electron chi connectivity index (χ2n) is 8.23. The van der Waals surface area contributed by atoms with E-state index in [1.807, 2.05) is 6.07 Å². The number of hydrogen-bond donors (Lipinski definition) is 2. The molecule has 1 aliphatic rings. The lowest BCUT2D eigenvalue weighted by Gasteiger charge is -2.40. The Morgan fingerprint density at radius 3 is 2.71 bits per heavy atom. The predicted molar refractivity (Wildman–Crippen MR) is 123 cm³/mol. The highest BCUT2D eigenvalue weighted by molar-refractivity contribution is 14.0. The molecule has 0 spiro atoms. The molecule has 1 aromatic rings. The standard InChI is InChI=1S/C21H34FN3O2.HI/c1-21(2,3)19-16(7-6-10-27-19)13-25-20(23-4)24-12-15-8-9-18(22)17(11-15)14-26-5;/h8-9,11,16,19H,6-7,10,12-14H2,1-5H3,(H2,23,24,25);1H. The summed E-state index contributed by atoms with van der Waals surface area (Å²) in [4.78, 5) is 4.31. The maximum Gasteiger partial charge on any atom is 0.191 e. The topological polar surface area (TPSA) is 54.9 Å². The van der Waals surface area contributed by atoms with E-state index in [4.69, 9.17) is 9.47 Å². The van der Waals surface area contributed by atoms with Crippen molar-refractivity contribution in [2.75, 3.05) is 27.3 Å². The first kappa shape index (κ1) is 25.1. The van der Waals surface area contributed by atoms with Crippen molar-refractivity contribution in [3.05, 3.63) is 35.1 Å². The van der Waals surface area contributed by atoms with Gasteiger partial charge in [0.05, 0.1) is 12.7 Å². The van der Waals surface area contributed by atoms with E-state index in [9.17, 15) is 4.39 Å². The molecule has 1 aromatic carbocycles. The van der Waals surface area contributed by atoms with Crippen molar-refractivity contribution in [2.45, 2.75) is 52.9 Å². The normalized spacial score (nSPS) is 20.4. The van der Waals surface area contributed by atoms with Crippen molar-refractivity contribution in [3.63, 3.8) is 0 Å². The van der Waals surface area contributed by atoms with Gasteiger partial charge < -0.3 is 20.1 Å². The maximum atomic E-state index is 13.7. The van der Waals surface area contributed by atoms with Crippen LogP contribution in [0, 0.1) is 17.2 Å². The van der Waals surface area contributed by atoms with Crippen LogP contribution in [-0.4, -0.2) is 39.4 Å². The molecule has 0 aliphatic carbocycles. The van der Waals surface area contributed by atoms with Crippen molar-refractivity contribution in [1.82, 2.24) is 10.6 Å². The van der Waals surface area contributed by atoms with Crippen LogP contribution < -0.4 is 10.6 Å². The monoisotopic (exact) mass is 507 g/mol. The van der Waals surface area contributed by atoms with Crippen molar-refractivity contribution < 1.29 is 13.9 Å². The summed E-state index contributed by atoms with van der Waals surface area (Å²) in [5.74, 6) is 0.955. The van der Waals surface area contributed by atoms with Crippen molar-refractivity contribution in [1.29, 1.82) is 0 Å². The minimum Gasteiger partial charge on any atom is -0.380 e.